The maximum Gasteiger partial charge on any atom is 0.243 e. The number of thioether (sulfide) groups is 1. The maximum absolute atomic E-state index is 13.6. The summed E-state index contributed by atoms with van der Waals surface area (Å²) >= 11 is 8.03. The summed E-state index contributed by atoms with van der Waals surface area (Å²) in [5.74, 6) is 0.811. The molecule has 4 nitrogen and oxygen atoms in total. The lowest BCUT2D eigenvalue weighted by Crippen LogP contribution is -2.51. The molecule has 0 aliphatic carbocycles. The zero-order valence-corrected chi connectivity index (χ0v) is 21.9. The molecule has 1 N–H and O–H groups in total. The molecule has 6 heteroatoms. The summed E-state index contributed by atoms with van der Waals surface area (Å²) in [4.78, 5) is 28.6. The van der Waals surface area contributed by atoms with Gasteiger partial charge in [0.2, 0.25) is 11.8 Å². The van der Waals surface area contributed by atoms with Gasteiger partial charge in [-0.1, -0.05) is 91.3 Å². The fourth-order valence-electron chi connectivity index (χ4n) is 3.83. The first-order valence-corrected chi connectivity index (χ1v) is 13.5. The van der Waals surface area contributed by atoms with Crippen LogP contribution >= 0.6 is 23.4 Å². The smallest absolute Gasteiger partial charge is 0.243 e. The fourth-order valence-corrected chi connectivity index (χ4v) is 5.02. The molecule has 0 radical (unpaired) electrons. The molecule has 0 fully saturated rings. The maximum atomic E-state index is 13.6. The van der Waals surface area contributed by atoms with Gasteiger partial charge in [0.05, 0.1) is 5.75 Å². The van der Waals surface area contributed by atoms with Crippen molar-refractivity contribution in [3.05, 3.63) is 106 Å². The van der Waals surface area contributed by atoms with Crippen molar-refractivity contribution in [3.63, 3.8) is 0 Å². The van der Waals surface area contributed by atoms with Gasteiger partial charge >= 0.3 is 0 Å². The van der Waals surface area contributed by atoms with E-state index in [9.17, 15) is 9.59 Å². The molecule has 35 heavy (non-hydrogen) atoms. The summed E-state index contributed by atoms with van der Waals surface area (Å²) in [5, 5.41) is 3.59. The Morgan fingerprint density at radius 2 is 1.60 bits per heavy atom. The van der Waals surface area contributed by atoms with Crippen molar-refractivity contribution in [1.82, 2.24) is 10.2 Å². The van der Waals surface area contributed by atoms with Crippen LogP contribution in [-0.2, 0) is 28.3 Å². The topological polar surface area (TPSA) is 49.4 Å². The third-order valence-corrected chi connectivity index (χ3v) is 7.20. The molecule has 3 rings (SSSR count). The van der Waals surface area contributed by atoms with E-state index < -0.39 is 6.04 Å². The van der Waals surface area contributed by atoms with E-state index in [2.05, 4.69) is 24.4 Å². The Morgan fingerprint density at radius 1 is 0.943 bits per heavy atom. The van der Waals surface area contributed by atoms with Gasteiger partial charge in [-0.05, 0) is 41.7 Å². The SMILES string of the molecule is CCCNC(=O)[C@@H](Cc1ccccc1)N(Cc1ccccc1Cl)C(=O)CSCc1ccccc1C. The average Bonchev–Trinajstić information content (AvgIpc) is 2.87. The molecule has 0 aliphatic rings. The van der Waals surface area contributed by atoms with E-state index in [0.717, 1.165) is 23.3 Å². The predicted molar refractivity (Wildman–Crippen MR) is 147 cm³/mol. The highest BCUT2D eigenvalue weighted by Gasteiger charge is 2.30. The van der Waals surface area contributed by atoms with Crippen molar-refractivity contribution in [2.45, 2.75) is 45.0 Å². The summed E-state index contributed by atoms with van der Waals surface area (Å²) in [5.41, 5.74) is 4.26. The van der Waals surface area contributed by atoms with E-state index in [1.165, 1.54) is 11.1 Å². The van der Waals surface area contributed by atoms with Gasteiger partial charge in [-0.3, -0.25) is 9.59 Å². The first-order valence-electron chi connectivity index (χ1n) is 12.0. The van der Waals surface area contributed by atoms with Gasteiger partial charge in [-0.25, -0.2) is 0 Å². The van der Waals surface area contributed by atoms with Crippen LogP contribution < -0.4 is 5.32 Å². The second-order valence-corrected chi connectivity index (χ2v) is 9.92. The molecule has 0 aromatic heterocycles. The average molecular weight is 509 g/mol. The second-order valence-electron chi connectivity index (χ2n) is 8.53. The molecule has 1 atom stereocenters. The van der Waals surface area contributed by atoms with Gasteiger partial charge in [-0.2, -0.15) is 0 Å². The number of aryl methyl sites for hydroxylation is 1. The van der Waals surface area contributed by atoms with Crippen molar-refractivity contribution < 1.29 is 9.59 Å². The molecule has 0 unspecified atom stereocenters. The zero-order chi connectivity index (χ0) is 25.0. The number of hydrogen-bond donors (Lipinski definition) is 1. The van der Waals surface area contributed by atoms with Crippen LogP contribution in [0.3, 0.4) is 0 Å². The summed E-state index contributed by atoms with van der Waals surface area (Å²) in [7, 11) is 0. The second kappa shape index (κ2) is 14.0. The minimum atomic E-state index is -0.633. The van der Waals surface area contributed by atoms with E-state index in [-0.39, 0.29) is 24.1 Å². The highest BCUT2D eigenvalue weighted by molar-refractivity contribution is 7.99. The number of halogens is 1. The van der Waals surface area contributed by atoms with Gasteiger partial charge in [0, 0.05) is 30.3 Å². The van der Waals surface area contributed by atoms with Crippen LogP contribution in [0.4, 0.5) is 0 Å². The summed E-state index contributed by atoms with van der Waals surface area (Å²) in [6.45, 7) is 4.94. The predicted octanol–water partition coefficient (Wildman–Crippen LogP) is 6.05. The van der Waals surface area contributed by atoms with Crippen LogP contribution in [0.1, 0.15) is 35.6 Å². The number of benzene rings is 3. The highest BCUT2D eigenvalue weighted by atomic mass is 35.5. The Balaban J connectivity index is 1.85. The molecule has 184 valence electrons. The number of nitrogens with one attached hydrogen (secondary N) is 1. The van der Waals surface area contributed by atoms with Crippen LogP contribution in [0.15, 0.2) is 78.9 Å². The van der Waals surface area contributed by atoms with E-state index in [1.807, 2.05) is 73.7 Å². The van der Waals surface area contributed by atoms with Gasteiger partial charge in [-0.15, -0.1) is 11.8 Å². The Kier molecular flexibility index (Phi) is 10.7. The summed E-state index contributed by atoms with van der Waals surface area (Å²) < 4.78 is 0. The standard InChI is InChI=1S/C29H33ClN2O2S/c1-3-17-31-29(34)27(18-23-12-5-4-6-13-23)32(19-24-14-9-10-16-26(24)30)28(33)21-35-20-25-15-8-7-11-22(25)2/h4-16,27H,3,17-21H2,1-2H3,(H,31,34)/t27-/m1/s1. The molecule has 0 saturated heterocycles. The third-order valence-electron chi connectivity index (χ3n) is 5.86. The molecule has 3 aromatic rings. The van der Waals surface area contributed by atoms with Gasteiger partial charge < -0.3 is 10.2 Å². The molecule has 0 saturated carbocycles. The van der Waals surface area contributed by atoms with Crippen LogP contribution in [0.5, 0.6) is 0 Å². The van der Waals surface area contributed by atoms with Gasteiger partial charge in [0.25, 0.3) is 0 Å². The van der Waals surface area contributed by atoms with E-state index in [4.69, 9.17) is 11.6 Å². The lowest BCUT2D eigenvalue weighted by atomic mass is 10.0. The van der Waals surface area contributed by atoms with Gasteiger partial charge in [0.1, 0.15) is 6.04 Å². The molecule has 2 amide bonds. The van der Waals surface area contributed by atoms with Crippen molar-refractivity contribution in [3.8, 4) is 0 Å². The number of carbonyl (C=O) groups excluding carboxylic acids is 2. The van der Waals surface area contributed by atoms with Crippen molar-refractivity contribution in [1.29, 1.82) is 0 Å². The zero-order valence-electron chi connectivity index (χ0n) is 20.4. The van der Waals surface area contributed by atoms with Crippen LogP contribution in [0.25, 0.3) is 0 Å². The number of carbonyl (C=O) groups is 2. The van der Waals surface area contributed by atoms with Crippen molar-refractivity contribution in [2.75, 3.05) is 12.3 Å². The fraction of sp³-hybridized carbons (Fsp3) is 0.310. The molecular formula is C29H33ClN2O2S. The van der Waals surface area contributed by atoms with Crippen LogP contribution in [0.2, 0.25) is 5.02 Å². The highest BCUT2D eigenvalue weighted by Crippen LogP contribution is 2.22. The summed E-state index contributed by atoms with van der Waals surface area (Å²) in [6.07, 6.45) is 1.27. The van der Waals surface area contributed by atoms with E-state index in [0.29, 0.717) is 18.0 Å². The quantitative estimate of drug-likeness (QED) is 0.324. The van der Waals surface area contributed by atoms with Crippen molar-refractivity contribution in [2.24, 2.45) is 0 Å². The lowest BCUT2D eigenvalue weighted by Gasteiger charge is -2.32. The van der Waals surface area contributed by atoms with E-state index >= 15 is 0 Å². The Morgan fingerprint density at radius 3 is 2.29 bits per heavy atom. The minimum Gasteiger partial charge on any atom is -0.354 e. The molecule has 0 bridgehead atoms. The molecule has 3 aromatic carbocycles. The lowest BCUT2D eigenvalue weighted by molar-refractivity contribution is -0.139. The third kappa shape index (κ3) is 8.15. The van der Waals surface area contributed by atoms with Crippen molar-refractivity contribution >= 4 is 35.2 Å². The number of nitrogens with zero attached hydrogens (tertiary/aromatic N) is 1. The Labute approximate surface area is 218 Å². The van der Waals surface area contributed by atoms with Crippen LogP contribution in [-0.4, -0.2) is 35.1 Å². The largest absolute Gasteiger partial charge is 0.354 e. The normalized spacial score (nSPS) is 11.6. The molecule has 0 aliphatic heterocycles. The molecule has 0 spiro atoms. The van der Waals surface area contributed by atoms with Gasteiger partial charge in [0.15, 0.2) is 0 Å². The molecule has 0 heterocycles. The monoisotopic (exact) mass is 508 g/mol. The van der Waals surface area contributed by atoms with Crippen LogP contribution in [0, 0.1) is 6.92 Å². The number of hydrogen-bond acceptors (Lipinski definition) is 3. The number of amides is 2. The summed E-state index contributed by atoms with van der Waals surface area (Å²) in [6, 6.07) is 24.9. The minimum absolute atomic E-state index is 0.0731. The first-order chi connectivity index (χ1) is 17.0. The molecular weight excluding hydrogens is 476 g/mol. The van der Waals surface area contributed by atoms with E-state index in [1.54, 1.807) is 16.7 Å². The number of rotatable bonds is 12. The first kappa shape index (κ1) is 26.8. The Hall–Kier alpha value is -2.76. The Bertz CT molecular complexity index is 1110.